The minimum atomic E-state index is -0.559. The van der Waals surface area contributed by atoms with Crippen LogP contribution in [0, 0.1) is 0 Å². The number of ketones is 1. The molecule has 0 unspecified atom stereocenters. The smallest absolute Gasteiger partial charge is 0.227 e. The molecule has 1 amide bonds. The van der Waals surface area contributed by atoms with Gasteiger partial charge in [0, 0.05) is 32.3 Å². The van der Waals surface area contributed by atoms with Crippen molar-refractivity contribution in [1.29, 1.82) is 0 Å². The Morgan fingerprint density at radius 1 is 1.17 bits per heavy atom. The number of Topliss-reactive ketones (excluding diaryl/α,β-unsaturated/α-hetero) is 1. The van der Waals surface area contributed by atoms with Crippen LogP contribution in [0.4, 0.5) is 0 Å². The molecule has 0 aliphatic carbocycles. The normalized spacial score (nSPS) is 20.3. The number of carbonyl (C=O) groups excluding carboxylic acids is 2. The van der Waals surface area contributed by atoms with E-state index in [2.05, 4.69) is 0 Å². The summed E-state index contributed by atoms with van der Waals surface area (Å²) in [6.45, 7) is 0.302. The van der Waals surface area contributed by atoms with E-state index in [0.29, 0.717) is 25.1 Å². The summed E-state index contributed by atoms with van der Waals surface area (Å²) < 4.78 is 1.78. The minimum absolute atomic E-state index is 0.000823. The van der Waals surface area contributed by atoms with Gasteiger partial charge >= 0.3 is 0 Å². The Bertz CT molecular complexity index is 723. The lowest BCUT2D eigenvalue weighted by Crippen LogP contribution is -2.38. The van der Waals surface area contributed by atoms with Gasteiger partial charge in [-0.3, -0.25) is 9.59 Å². The number of nitrogens with zero attached hydrogens (tertiary/aromatic N) is 2. The standard InChI is InChI=1S/C19H22N2O3/c1-20-9-5-8-17(20)18(23)12-15-11-16(22)13-21(15)19(24)10-14-6-3-2-4-7-14/h2-9,15-16,22H,10-13H2,1H3/t15-,16-/m1/s1. The second kappa shape index (κ2) is 7.01. The van der Waals surface area contributed by atoms with Crippen LogP contribution in [0.3, 0.4) is 0 Å². The molecule has 126 valence electrons. The van der Waals surface area contributed by atoms with E-state index in [1.165, 1.54) is 0 Å². The van der Waals surface area contributed by atoms with Crippen LogP contribution in [0.1, 0.15) is 28.9 Å². The lowest BCUT2D eigenvalue weighted by Gasteiger charge is -2.24. The van der Waals surface area contributed by atoms with Gasteiger partial charge in [0.2, 0.25) is 5.91 Å². The highest BCUT2D eigenvalue weighted by Gasteiger charge is 2.35. The van der Waals surface area contributed by atoms with Gasteiger partial charge in [-0.25, -0.2) is 0 Å². The first-order valence-corrected chi connectivity index (χ1v) is 8.20. The number of amides is 1. The van der Waals surface area contributed by atoms with E-state index in [9.17, 15) is 14.7 Å². The third-order valence-electron chi connectivity index (χ3n) is 4.56. The zero-order valence-electron chi connectivity index (χ0n) is 13.8. The zero-order valence-corrected chi connectivity index (χ0v) is 13.8. The third-order valence-corrected chi connectivity index (χ3v) is 4.56. The molecule has 2 aromatic rings. The van der Waals surface area contributed by atoms with Gasteiger partial charge in [-0.05, 0) is 24.1 Å². The maximum absolute atomic E-state index is 12.6. The van der Waals surface area contributed by atoms with Crippen molar-refractivity contribution in [1.82, 2.24) is 9.47 Å². The molecule has 1 fully saturated rings. The highest BCUT2D eigenvalue weighted by molar-refractivity contribution is 5.95. The van der Waals surface area contributed by atoms with Crippen molar-refractivity contribution in [3.8, 4) is 0 Å². The van der Waals surface area contributed by atoms with Crippen molar-refractivity contribution >= 4 is 11.7 Å². The lowest BCUT2D eigenvalue weighted by molar-refractivity contribution is -0.131. The number of benzene rings is 1. The van der Waals surface area contributed by atoms with E-state index in [1.54, 1.807) is 15.5 Å². The van der Waals surface area contributed by atoms with E-state index in [-0.39, 0.29) is 24.2 Å². The molecular weight excluding hydrogens is 304 g/mol. The van der Waals surface area contributed by atoms with Gasteiger partial charge in [0.25, 0.3) is 0 Å². The number of carbonyl (C=O) groups is 2. The second-order valence-electron chi connectivity index (χ2n) is 6.38. The Morgan fingerprint density at radius 2 is 1.92 bits per heavy atom. The fourth-order valence-electron chi connectivity index (χ4n) is 3.33. The summed E-state index contributed by atoms with van der Waals surface area (Å²) in [6, 6.07) is 12.9. The number of likely N-dealkylation sites (tertiary alicyclic amines) is 1. The number of aliphatic hydroxyl groups is 1. The van der Waals surface area contributed by atoms with Gasteiger partial charge in [0.15, 0.2) is 5.78 Å². The first-order valence-electron chi connectivity index (χ1n) is 8.20. The van der Waals surface area contributed by atoms with E-state index in [0.717, 1.165) is 5.56 Å². The van der Waals surface area contributed by atoms with Crippen LogP contribution < -0.4 is 0 Å². The van der Waals surface area contributed by atoms with Crippen LogP contribution in [0.15, 0.2) is 48.7 Å². The molecule has 0 spiro atoms. The number of aliphatic hydroxyl groups excluding tert-OH is 1. The lowest BCUT2D eigenvalue weighted by atomic mass is 10.0. The Kier molecular flexibility index (Phi) is 4.81. The molecule has 1 aromatic carbocycles. The maximum atomic E-state index is 12.6. The van der Waals surface area contributed by atoms with Crippen LogP contribution in [0.5, 0.6) is 0 Å². The summed E-state index contributed by atoms with van der Waals surface area (Å²) in [6.07, 6.45) is 2.26. The molecule has 1 aliphatic rings. The molecule has 1 aromatic heterocycles. The predicted octanol–water partition coefficient (Wildman–Crippen LogP) is 1.80. The number of hydrogen-bond donors (Lipinski definition) is 1. The summed E-state index contributed by atoms with van der Waals surface area (Å²) in [4.78, 5) is 26.7. The summed E-state index contributed by atoms with van der Waals surface area (Å²) in [5.74, 6) is -0.0402. The van der Waals surface area contributed by atoms with E-state index in [4.69, 9.17) is 0 Å². The SMILES string of the molecule is Cn1cccc1C(=O)C[C@H]1C[C@@H](O)CN1C(=O)Cc1ccccc1. The molecule has 3 rings (SSSR count). The van der Waals surface area contributed by atoms with Crippen molar-refractivity contribution in [3.63, 3.8) is 0 Å². The van der Waals surface area contributed by atoms with Crippen LogP contribution in [-0.4, -0.2) is 45.0 Å². The second-order valence-corrected chi connectivity index (χ2v) is 6.38. The number of aromatic nitrogens is 1. The van der Waals surface area contributed by atoms with Crippen molar-refractivity contribution in [2.75, 3.05) is 6.54 Å². The van der Waals surface area contributed by atoms with Crippen LogP contribution >= 0.6 is 0 Å². The van der Waals surface area contributed by atoms with Gasteiger partial charge in [-0.2, -0.15) is 0 Å². The Labute approximate surface area is 141 Å². The van der Waals surface area contributed by atoms with Crippen LogP contribution in [0.2, 0.25) is 0 Å². The molecule has 0 saturated carbocycles. The molecule has 2 atom stereocenters. The van der Waals surface area contributed by atoms with E-state index >= 15 is 0 Å². The van der Waals surface area contributed by atoms with Gasteiger partial charge < -0.3 is 14.6 Å². The summed E-state index contributed by atoms with van der Waals surface area (Å²) in [7, 11) is 1.83. The number of hydrogen-bond acceptors (Lipinski definition) is 3. The molecule has 24 heavy (non-hydrogen) atoms. The summed E-state index contributed by atoms with van der Waals surface area (Å²) in [5, 5.41) is 9.97. The number of β-amino-alcohol motifs (C(OH)–C–C–N with tert-alkyl or cyclic N) is 1. The maximum Gasteiger partial charge on any atom is 0.227 e. The topological polar surface area (TPSA) is 62.5 Å². The van der Waals surface area contributed by atoms with Gasteiger partial charge in [-0.1, -0.05) is 30.3 Å². The quantitative estimate of drug-likeness (QED) is 0.852. The average Bonchev–Trinajstić information content (AvgIpc) is 3.14. The highest BCUT2D eigenvalue weighted by atomic mass is 16.3. The zero-order chi connectivity index (χ0) is 17.1. The Morgan fingerprint density at radius 3 is 2.58 bits per heavy atom. The fourth-order valence-corrected chi connectivity index (χ4v) is 3.33. The fraction of sp³-hybridized carbons (Fsp3) is 0.368. The van der Waals surface area contributed by atoms with Crippen molar-refractivity contribution in [2.45, 2.75) is 31.4 Å². The van der Waals surface area contributed by atoms with Crippen LogP contribution in [0.25, 0.3) is 0 Å². The van der Waals surface area contributed by atoms with Crippen molar-refractivity contribution in [2.24, 2.45) is 7.05 Å². The molecule has 5 heteroatoms. The Balaban J connectivity index is 1.69. The van der Waals surface area contributed by atoms with Crippen molar-refractivity contribution < 1.29 is 14.7 Å². The minimum Gasteiger partial charge on any atom is -0.391 e. The van der Waals surface area contributed by atoms with Crippen LogP contribution in [-0.2, 0) is 18.3 Å². The largest absolute Gasteiger partial charge is 0.391 e. The number of aryl methyl sites for hydroxylation is 1. The van der Waals surface area contributed by atoms with Crippen molar-refractivity contribution in [3.05, 3.63) is 59.9 Å². The molecule has 5 nitrogen and oxygen atoms in total. The first-order chi connectivity index (χ1) is 11.5. The monoisotopic (exact) mass is 326 g/mol. The molecule has 2 heterocycles. The van der Waals surface area contributed by atoms with E-state index in [1.807, 2.05) is 49.6 Å². The average molecular weight is 326 g/mol. The first kappa shape index (κ1) is 16.5. The molecule has 1 N–H and O–H groups in total. The van der Waals surface area contributed by atoms with Gasteiger partial charge in [0.1, 0.15) is 0 Å². The molecule has 0 radical (unpaired) electrons. The Hall–Kier alpha value is -2.40. The molecule has 1 aliphatic heterocycles. The molecule has 1 saturated heterocycles. The van der Waals surface area contributed by atoms with Gasteiger partial charge in [0.05, 0.1) is 18.2 Å². The van der Waals surface area contributed by atoms with E-state index < -0.39 is 6.10 Å². The summed E-state index contributed by atoms with van der Waals surface area (Å²) in [5.41, 5.74) is 1.57. The summed E-state index contributed by atoms with van der Waals surface area (Å²) >= 11 is 0. The molecular formula is C19H22N2O3. The molecule has 0 bridgehead atoms. The highest BCUT2D eigenvalue weighted by Crippen LogP contribution is 2.23. The van der Waals surface area contributed by atoms with Gasteiger partial charge in [-0.15, -0.1) is 0 Å². The third kappa shape index (κ3) is 3.57. The number of rotatable bonds is 5. The predicted molar refractivity (Wildman–Crippen MR) is 90.6 cm³/mol.